The minimum Gasteiger partial charge on any atom is -0.380 e. The Labute approximate surface area is 217 Å². The zero-order valence-corrected chi connectivity index (χ0v) is 21.5. The van der Waals surface area contributed by atoms with E-state index >= 15 is 0 Å². The molecular formula is C28H31Cl2N3O2. The Morgan fingerprint density at radius 2 is 1.83 bits per heavy atom. The van der Waals surface area contributed by atoms with Gasteiger partial charge >= 0.3 is 0 Å². The molecule has 0 unspecified atom stereocenters. The fraction of sp³-hybridized carbons (Fsp3) is 0.429. The van der Waals surface area contributed by atoms with Gasteiger partial charge in [-0.25, -0.2) is 0 Å². The third-order valence-corrected chi connectivity index (χ3v) is 8.42. The van der Waals surface area contributed by atoms with E-state index in [0.717, 1.165) is 62.6 Å². The second kappa shape index (κ2) is 10.8. The summed E-state index contributed by atoms with van der Waals surface area (Å²) in [6, 6.07) is 14.3. The average molecular weight is 512 g/mol. The number of carbonyl (C=O) groups excluding carboxylic acids is 1. The van der Waals surface area contributed by atoms with Gasteiger partial charge in [-0.1, -0.05) is 53.5 Å². The molecule has 2 aliphatic heterocycles. The predicted octanol–water partition coefficient (Wildman–Crippen LogP) is 5.73. The number of amides is 1. The fourth-order valence-corrected chi connectivity index (χ4v) is 6.00. The van der Waals surface area contributed by atoms with Gasteiger partial charge in [0, 0.05) is 50.6 Å². The van der Waals surface area contributed by atoms with Crippen LogP contribution in [0.3, 0.4) is 0 Å². The molecule has 0 radical (unpaired) electrons. The van der Waals surface area contributed by atoms with Crippen LogP contribution in [0.1, 0.15) is 35.2 Å². The van der Waals surface area contributed by atoms with Crippen molar-refractivity contribution in [2.75, 3.05) is 33.3 Å². The molecule has 2 saturated heterocycles. The quantitative estimate of drug-likeness (QED) is 0.439. The van der Waals surface area contributed by atoms with Crippen molar-refractivity contribution < 1.29 is 9.53 Å². The first kappa shape index (κ1) is 24.5. The summed E-state index contributed by atoms with van der Waals surface area (Å²) in [4.78, 5) is 22.1. The molecule has 0 aliphatic carbocycles. The molecule has 2 fully saturated rings. The Morgan fingerprint density at radius 1 is 1.03 bits per heavy atom. The molecule has 0 N–H and O–H groups in total. The standard InChI is InChI=1S/C28H31Cl2N3O2/c1-35-27-18-33(11-8-20(27)14-19-6-7-25(29)26(30)15-19)22-9-12-32(13-10-22)28(34)24-17-31-16-21-4-2-3-5-23(21)24/h2-7,15-17,20,22,27H,8-14,18H2,1H3/t20-,27-/m1/s1. The number of fused-ring (bicyclic) bond motifs is 1. The molecular weight excluding hydrogens is 481 g/mol. The Kier molecular flexibility index (Phi) is 7.59. The van der Waals surface area contributed by atoms with Gasteiger partial charge in [-0.2, -0.15) is 0 Å². The smallest absolute Gasteiger partial charge is 0.256 e. The molecule has 5 rings (SSSR count). The largest absolute Gasteiger partial charge is 0.380 e. The van der Waals surface area contributed by atoms with Crippen LogP contribution >= 0.6 is 23.2 Å². The van der Waals surface area contributed by atoms with Gasteiger partial charge in [-0.05, 0) is 61.2 Å². The lowest BCUT2D eigenvalue weighted by atomic mass is 9.86. The van der Waals surface area contributed by atoms with E-state index in [1.54, 1.807) is 6.20 Å². The molecule has 7 heteroatoms. The van der Waals surface area contributed by atoms with E-state index in [4.69, 9.17) is 27.9 Å². The number of piperidine rings is 2. The second-order valence-corrected chi connectivity index (χ2v) is 10.5. The van der Waals surface area contributed by atoms with Gasteiger partial charge in [0.05, 0.1) is 21.7 Å². The molecule has 2 aliphatic rings. The molecule has 2 aromatic carbocycles. The van der Waals surface area contributed by atoms with Gasteiger partial charge in [0.2, 0.25) is 0 Å². The molecule has 0 saturated carbocycles. The zero-order chi connectivity index (χ0) is 24.4. The van der Waals surface area contributed by atoms with Gasteiger partial charge in [0.25, 0.3) is 5.91 Å². The van der Waals surface area contributed by atoms with Crippen LogP contribution in [0, 0.1) is 5.92 Å². The number of ether oxygens (including phenoxy) is 1. The first-order valence-electron chi connectivity index (χ1n) is 12.4. The number of carbonyl (C=O) groups is 1. The molecule has 2 atom stereocenters. The molecule has 35 heavy (non-hydrogen) atoms. The lowest BCUT2D eigenvalue weighted by molar-refractivity contribution is -0.0325. The fourth-order valence-electron chi connectivity index (χ4n) is 5.68. The molecule has 5 nitrogen and oxygen atoms in total. The van der Waals surface area contributed by atoms with Crippen LogP contribution in [0.5, 0.6) is 0 Å². The van der Waals surface area contributed by atoms with Crippen LogP contribution in [-0.4, -0.2) is 66.1 Å². The summed E-state index contributed by atoms with van der Waals surface area (Å²) in [6.07, 6.45) is 7.69. The number of pyridine rings is 1. The van der Waals surface area contributed by atoms with E-state index in [1.807, 2.05) is 54.6 Å². The summed E-state index contributed by atoms with van der Waals surface area (Å²) in [5.74, 6) is 0.539. The van der Waals surface area contributed by atoms with Crippen molar-refractivity contribution in [1.29, 1.82) is 0 Å². The number of nitrogens with zero attached hydrogens (tertiary/aromatic N) is 3. The van der Waals surface area contributed by atoms with Gasteiger partial charge in [-0.15, -0.1) is 0 Å². The molecule has 184 valence electrons. The lowest BCUT2D eigenvalue weighted by Gasteiger charge is -2.44. The van der Waals surface area contributed by atoms with Gasteiger partial charge in [-0.3, -0.25) is 14.7 Å². The van der Waals surface area contributed by atoms with Crippen LogP contribution < -0.4 is 0 Å². The van der Waals surface area contributed by atoms with Crippen molar-refractivity contribution in [3.63, 3.8) is 0 Å². The average Bonchev–Trinajstić information content (AvgIpc) is 2.90. The van der Waals surface area contributed by atoms with Crippen molar-refractivity contribution in [2.45, 2.75) is 37.8 Å². The Morgan fingerprint density at radius 3 is 2.60 bits per heavy atom. The predicted molar refractivity (Wildman–Crippen MR) is 141 cm³/mol. The summed E-state index contributed by atoms with van der Waals surface area (Å²) in [5.41, 5.74) is 1.90. The van der Waals surface area contributed by atoms with E-state index in [-0.39, 0.29) is 12.0 Å². The third kappa shape index (κ3) is 5.34. The zero-order valence-electron chi connectivity index (χ0n) is 20.0. The van der Waals surface area contributed by atoms with Crippen molar-refractivity contribution >= 4 is 39.9 Å². The van der Waals surface area contributed by atoms with Crippen LogP contribution in [0.25, 0.3) is 10.8 Å². The molecule has 3 aromatic rings. The summed E-state index contributed by atoms with van der Waals surface area (Å²) in [6.45, 7) is 3.52. The van der Waals surface area contributed by atoms with Gasteiger partial charge < -0.3 is 9.64 Å². The van der Waals surface area contributed by atoms with Crippen LogP contribution in [0.15, 0.2) is 54.9 Å². The van der Waals surface area contributed by atoms with E-state index in [1.165, 1.54) is 5.56 Å². The summed E-state index contributed by atoms with van der Waals surface area (Å²) in [5, 5.41) is 3.18. The maximum Gasteiger partial charge on any atom is 0.256 e. The maximum atomic E-state index is 13.3. The summed E-state index contributed by atoms with van der Waals surface area (Å²) < 4.78 is 5.94. The number of likely N-dealkylation sites (tertiary alicyclic amines) is 2. The lowest BCUT2D eigenvalue weighted by Crippen LogP contribution is -2.53. The molecule has 0 spiro atoms. The highest BCUT2D eigenvalue weighted by Gasteiger charge is 2.35. The van der Waals surface area contributed by atoms with Crippen molar-refractivity contribution in [2.24, 2.45) is 5.92 Å². The van der Waals surface area contributed by atoms with E-state index < -0.39 is 0 Å². The monoisotopic (exact) mass is 511 g/mol. The van der Waals surface area contributed by atoms with E-state index in [0.29, 0.717) is 27.6 Å². The molecule has 1 aromatic heterocycles. The second-order valence-electron chi connectivity index (χ2n) is 9.70. The summed E-state index contributed by atoms with van der Waals surface area (Å²) in [7, 11) is 1.81. The first-order valence-corrected chi connectivity index (χ1v) is 13.1. The molecule has 3 heterocycles. The van der Waals surface area contributed by atoms with Crippen LogP contribution in [0.4, 0.5) is 0 Å². The van der Waals surface area contributed by atoms with E-state index in [9.17, 15) is 4.79 Å². The number of hydrogen-bond donors (Lipinski definition) is 0. The minimum atomic E-state index is 0.0860. The number of methoxy groups -OCH3 is 1. The van der Waals surface area contributed by atoms with Crippen LogP contribution in [0.2, 0.25) is 10.0 Å². The van der Waals surface area contributed by atoms with Crippen molar-refractivity contribution in [3.8, 4) is 0 Å². The topological polar surface area (TPSA) is 45.7 Å². The first-order chi connectivity index (χ1) is 17.0. The number of hydrogen-bond acceptors (Lipinski definition) is 4. The Bertz CT molecular complexity index is 1190. The molecule has 0 bridgehead atoms. The maximum absolute atomic E-state index is 13.3. The highest BCUT2D eigenvalue weighted by atomic mass is 35.5. The SMILES string of the molecule is CO[C@@H]1CN(C2CCN(C(=O)c3cncc4ccccc34)CC2)CC[C@@H]1Cc1ccc(Cl)c(Cl)c1. The van der Waals surface area contributed by atoms with E-state index in [2.05, 4.69) is 16.0 Å². The van der Waals surface area contributed by atoms with Crippen LogP contribution in [-0.2, 0) is 11.2 Å². The normalized spacial score (nSPS) is 22.0. The number of rotatable bonds is 5. The minimum absolute atomic E-state index is 0.0860. The van der Waals surface area contributed by atoms with Gasteiger partial charge in [0.1, 0.15) is 0 Å². The summed E-state index contributed by atoms with van der Waals surface area (Å²) >= 11 is 12.3. The number of halogens is 2. The van der Waals surface area contributed by atoms with Crippen molar-refractivity contribution in [1.82, 2.24) is 14.8 Å². The van der Waals surface area contributed by atoms with Gasteiger partial charge in [0.15, 0.2) is 0 Å². The Balaban J connectivity index is 1.18. The number of benzene rings is 2. The number of aromatic nitrogens is 1. The Hall–Kier alpha value is -2.18. The molecule has 1 amide bonds. The highest BCUT2D eigenvalue weighted by molar-refractivity contribution is 6.42. The third-order valence-electron chi connectivity index (χ3n) is 7.68. The van der Waals surface area contributed by atoms with Crippen molar-refractivity contribution in [3.05, 3.63) is 76.0 Å². The highest BCUT2D eigenvalue weighted by Crippen LogP contribution is 2.30.